The molecule has 1 atom stereocenters. The number of aromatic nitrogens is 2. The van der Waals surface area contributed by atoms with Crippen LogP contribution in [0.2, 0.25) is 0 Å². The van der Waals surface area contributed by atoms with Crippen molar-refractivity contribution in [3.63, 3.8) is 0 Å². The van der Waals surface area contributed by atoms with Crippen molar-refractivity contribution in [2.75, 3.05) is 18.8 Å². The Hall–Kier alpha value is -1.65. The Morgan fingerprint density at radius 2 is 2.35 bits per heavy atom. The van der Waals surface area contributed by atoms with E-state index in [0.717, 1.165) is 25.2 Å². The van der Waals surface area contributed by atoms with E-state index in [4.69, 9.17) is 5.73 Å². The van der Waals surface area contributed by atoms with E-state index in [1.54, 1.807) is 6.20 Å². The minimum absolute atomic E-state index is 0.0595. The van der Waals surface area contributed by atoms with Crippen LogP contribution in [0.4, 0.5) is 5.95 Å². The highest BCUT2D eigenvalue weighted by molar-refractivity contribution is 5.78. The van der Waals surface area contributed by atoms with Gasteiger partial charge in [0.25, 0.3) is 0 Å². The van der Waals surface area contributed by atoms with Crippen LogP contribution in [0.25, 0.3) is 0 Å². The minimum atomic E-state index is 0.0595. The van der Waals surface area contributed by atoms with Gasteiger partial charge >= 0.3 is 0 Å². The Kier molecular flexibility index (Phi) is 3.26. The lowest BCUT2D eigenvalue weighted by Gasteiger charge is -2.18. The van der Waals surface area contributed by atoms with Crippen LogP contribution >= 0.6 is 0 Å². The normalized spacial score (nSPS) is 19.9. The number of hydrogen-bond donors (Lipinski definition) is 1. The third kappa shape index (κ3) is 2.54. The van der Waals surface area contributed by atoms with Crippen LogP contribution in [0.5, 0.6) is 0 Å². The number of carbonyl (C=O) groups is 1. The molecule has 17 heavy (non-hydrogen) atoms. The highest BCUT2D eigenvalue weighted by atomic mass is 16.2. The largest absolute Gasteiger partial charge is 0.368 e. The van der Waals surface area contributed by atoms with Crippen molar-refractivity contribution in [3.8, 4) is 0 Å². The van der Waals surface area contributed by atoms with Crippen molar-refractivity contribution in [2.24, 2.45) is 5.92 Å². The lowest BCUT2D eigenvalue weighted by Crippen LogP contribution is -2.32. The van der Waals surface area contributed by atoms with Crippen molar-refractivity contribution in [3.05, 3.63) is 18.0 Å². The SMILES string of the molecule is CC(C)C(=O)N1CC[C@@H](c2ccnc(N)n2)C1. The van der Waals surface area contributed by atoms with E-state index in [1.807, 2.05) is 24.8 Å². The molecule has 2 N–H and O–H groups in total. The predicted molar refractivity (Wildman–Crippen MR) is 65.2 cm³/mol. The number of amides is 1. The summed E-state index contributed by atoms with van der Waals surface area (Å²) in [6.07, 6.45) is 2.62. The molecule has 0 spiro atoms. The number of anilines is 1. The smallest absolute Gasteiger partial charge is 0.225 e. The molecule has 0 aromatic carbocycles. The molecule has 0 radical (unpaired) electrons. The molecule has 1 aromatic heterocycles. The molecule has 92 valence electrons. The second-order valence-corrected chi connectivity index (χ2v) is 4.76. The molecule has 0 unspecified atom stereocenters. The highest BCUT2D eigenvalue weighted by Gasteiger charge is 2.29. The van der Waals surface area contributed by atoms with E-state index in [1.165, 1.54) is 0 Å². The first kappa shape index (κ1) is 11.8. The molecule has 0 aliphatic carbocycles. The van der Waals surface area contributed by atoms with Crippen LogP contribution in [0.3, 0.4) is 0 Å². The van der Waals surface area contributed by atoms with Gasteiger partial charge in [-0.3, -0.25) is 4.79 Å². The van der Waals surface area contributed by atoms with E-state index in [2.05, 4.69) is 9.97 Å². The summed E-state index contributed by atoms with van der Waals surface area (Å²) in [5.41, 5.74) is 6.51. The molecular weight excluding hydrogens is 216 g/mol. The summed E-state index contributed by atoms with van der Waals surface area (Å²) in [7, 11) is 0. The first-order valence-electron chi connectivity index (χ1n) is 5.95. The summed E-state index contributed by atoms with van der Waals surface area (Å²) >= 11 is 0. The molecule has 5 nitrogen and oxygen atoms in total. The van der Waals surface area contributed by atoms with E-state index < -0.39 is 0 Å². The average Bonchev–Trinajstić information content (AvgIpc) is 2.77. The van der Waals surface area contributed by atoms with Crippen molar-refractivity contribution in [2.45, 2.75) is 26.2 Å². The summed E-state index contributed by atoms with van der Waals surface area (Å²) < 4.78 is 0. The van der Waals surface area contributed by atoms with Gasteiger partial charge in [0, 0.05) is 31.1 Å². The Morgan fingerprint density at radius 3 is 3.00 bits per heavy atom. The Labute approximate surface area is 101 Å². The molecule has 0 bridgehead atoms. The predicted octanol–water partition coefficient (Wildman–Crippen LogP) is 1.03. The van der Waals surface area contributed by atoms with Gasteiger partial charge in [-0.25, -0.2) is 9.97 Å². The lowest BCUT2D eigenvalue weighted by molar-refractivity contribution is -0.133. The summed E-state index contributed by atoms with van der Waals surface area (Å²) in [5.74, 6) is 0.873. The van der Waals surface area contributed by atoms with Crippen molar-refractivity contribution < 1.29 is 4.79 Å². The maximum absolute atomic E-state index is 11.9. The van der Waals surface area contributed by atoms with Crippen LogP contribution in [0.1, 0.15) is 31.9 Å². The maximum atomic E-state index is 11.9. The molecule has 1 aliphatic rings. The van der Waals surface area contributed by atoms with Crippen molar-refractivity contribution in [1.29, 1.82) is 0 Å². The minimum Gasteiger partial charge on any atom is -0.368 e. The quantitative estimate of drug-likeness (QED) is 0.829. The molecular formula is C12H18N4O. The summed E-state index contributed by atoms with van der Waals surface area (Å²) in [6.45, 7) is 5.41. The molecule has 1 amide bonds. The van der Waals surface area contributed by atoms with E-state index >= 15 is 0 Å². The van der Waals surface area contributed by atoms with Gasteiger partial charge in [0.1, 0.15) is 0 Å². The fourth-order valence-electron chi connectivity index (χ4n) is 2.18. The molecule has 1 fully saturated rings. The molecule has 5 heteroatoms. The van der Waals surface area contributed by atoms with Crippen molar-refractivity contribution >= 4 is 11.9 Å². The Bertz CT molecular complexity index is 419. The second-order valence-electron chi connectivity index (χ2n) is 4.76. The molecule has 1 saturated heterocycles. The van der Waals surface area contributed by atoms with Gasteiger partial charge < -0.3 is 10.6 Å². The molecule has 1 aliphatic heterocycles. The monoisotopic (exact) mass is 234 g/mol. The fraction of sp³-hybridized carbons (Fsp3) is 0.583. The number of carbonyl (C=O) groups excluding carboxylic acids is 1. The van der Waals surface area contributed by atoms with Gasteiger partial charge in [-0.2, -0.15) is 0 Å². The highest BCUT2D eigenvalue weighted by Crippen LogP contribution is 2.26. The second kappa shape index (κ2) is 4.69. The molecule has 1 aromatic rings. The third-order valence-electron chi connectivity index (χ3n) is 3.11. The number of hydrogen-bond acceptors (Lipinski definition) is 4. The van der Waals surface area contributed by atoms with E-state index in [0.29, 0.717) is 11.9 Å². The Balaban J connectivity index is 2.05. The summed E-state index contributed by atoms with van der Waals surface area (Å²) in [4.78, 5) is 21.9. The number of nitrogen functional groups attached to an aromatic ring is 1. The fourth-order valence-corrected chi connectivity index (χ4v) is 2.18. The molecule has 2 rings (SSSR count). The van der Waals surface area contributed by atoms with Gasteiger partial charge in [-0.15, -0.1) is 0 Å². The molecule has 2 heterocycles. The maximum Gasteiger partial charge on any atom is 0.225 e. The van der Waals surface area contributed by atoms with E-state index in [-0.39, 0.29) is 11.8 Å². The Morgan fingerprint density at radius 1 is 1.59 bits per heavy atom. The van der Waals surface area contributed by atoms with Gasteiger partial charge in [0.2, 0.25) is 11.9 Å². The molecule has 0 saturated carbocycles. The zero-order valence-corrected chi connectivity index (χ0v) is 10.3. The van der Waals surface area contributed by atoms with Crippen LogP contribution in [-0.2, 0) is 4.79 Å². The van der Waals surface area contributed by atoms with Gasteiger partial charge in [-0.05, 0) is 12.5 Å². The van der Waals surface area contributed by atoms with Crippen molar-refractivity contribution in [1.82, 2.24) is 14.9 Å². The van der Waals surface area contributed by atoms with Gasteiger partial charge in [0.05, 0.1) is 5.69 Å². The van der Waals surface area contributed by atoms with Crippen LogP contribution < -0.4 is 5.73 Å². The first-order chi connectivity index (χ1) is 8.08. The number of rotatable bonds is 2. The zero-order chi connectivity index (χ0) is 12.4. The number of likely N-dealkylation sites (tertiary alicyclic amines) is 1. The number of nitrogens with two attached hydrogens (primary N) is 1. The van der Waals surface area contributed by atoms with Crippen LogP contribution in [-0.4, -0.2) is 33.9 Å². The van der Waals surface area contributed by atoms with E-state index in [9.17, 15) is 4.79 Å². The average molecular weight is 234 g/mol. The lowest BCUT2D eigenvalue weighted by atomic mass is 10.1. The summed E-state index contributed by atoms with van der Waals surface area (Å²) in [5, 5.41) is 0. The van der Waals surface area contributed by atoms with Gasteiger partial charge in [-0.1, -0.05) is 13.8 Å². The topological polar surface area (TPSA) is 72.1 Å². The van der Waals surface area contributed by atoms with Gasteiger partial charge in [0.15, 0.2) is 0 Å². The zero-order valence-electron chi connectivity index (χ0n) is 10.3. The standard InChI is InChI=1S/C12H18N4O/c1-8(2)11(17)16-6-4-9(7-16)10-3-5-14-12(13)15-10/h3,5,8-9H,4,6-7H2,1-2H3,(H2,13,14,15)/t9-/m1/s1. The van der Waals surface area contributed by atoms with Crippen LogP contribution in [0.15, 0.2) is 12.3 Å². The van der Waals surface area contributed by atoms with Crippen LogP contribution in [0, 0.1) is 5.92 Å². The first-order valence-corrected chi connectivity index (χ1v) is 5.95. The third-order valence-corrected chi connectivity index (χ3v) is 3.11. The summed E-state index contributed by atoms with van der Waals surface area (Å²) in [6, 6.07) is 1.88. The number of nitrogens with zero attached hydrogens (tertiary/aromatic N) is 3.